The monoisotopic (exact) mass is 449 g/mol. The smallest absolute Gasteiger partial charge is 0.124 e. The molecule has 0 fully saturated rings. The van der Waals surface area contributed by atoms with E-state index in [0.717, 1.165) is 24.9 Å². The van der Waals surface area contributed by atoms with Crippen molar-refractivity contribution in [3.05, 3.63) is 61.4 Å². The molecule has 0 amide bonds. The first kappa shape index (κ1) is 15.7. The van der Waals surface area contributed by atoms with E-state index in [-0.39, 0.29) is 11.9 Å². The van der Waals surface area contributed by atoms with Crippen LogP contribution in [0.3, 0.4) is 0 Å². The Morgan fingerprint density at radius 3 is 2.65 bits per heavy atom. The molecule has 1 atom stereocenters. The SMILES string of the molecule is CCOc1ccc(Br)cc1C(N)c1ccc(F)cc1I. The van der Waals surface area contributed by atoms with Gasteiger partial charge in [-0.3, -0.25) is 0 Å². The van der Waals surface area contributed by atoms with Gasteiger partial charge >= 0.3 is 0 Å². The highest BCUT2D eigenvalue weighted by atomic mass is 127. The molecule has 2 aromatic carbocycles. The van der Waals surface area contributed by atoms with E-state index in [1.54, 1.807) is 6.07 Å². The molecule has 0 spiro atoms. The van der Waals surface area contributed by atoms with Crippen molar-refractivity contribution in [1.82, 2.24) is 0 Å². The lowest BCUT2D eigenvalue weighted by Gasteiger charge is -2.18. The third kappa shape index (κ3) is 3.51. The minimum atomic E-state index is -0.360. The molecular formula is C15H14BrFINO. The second-order valence-electron chi connectivity index (χ2n) is 4.26. The molecule has 0 radical (unpaired) electrons. The molecule has 106 valence electrons. The Hall–Kier alpha value is -0.660. The van der Waals surface area contributed by atoms with Crippen LogP contribution in [0.1, 0.15) is 24.1 Å². The van der Waals surface area contributed by atoms with Gasteiger partial charge in [0.25, 0.3) is 0 Å². The Labute approximate surface area is 139 Å². The molecule has 0 bridgehead atoms. The zero-order valence-corrected chi connectivity index (χ0v) is 14.6. The van der Waals surface area contributed by atoms with Crippen molar-refractivity contribution in [2.24, 2.45) is 5.73 Å². The average molecular weight is 450 g/mol. The third-order valence-corrected chi connectivity index (χ3v) is 4.33. The Kier molecular flexibility index (Phi) is 5.40. The topological polar surface area (TPSA) is 35.2 Å². The predicted octanol–water partition coefficient (Wildman–Crippen LogP) is 4.64. The molecule has 0 aliphatic heterocycles. The lowest BCUT2D eigenvalue weighted by Crippen LogP contribution is -2.15. The molecule has 0 saturated carbocycles. The molecular weight excluding hydrogens is 436 g/mol. The summed E-state index contributed by atoms with van der Waals surface area (Å²) in [4.78, 5) is 0. The van der Waals surface area contributed by atoms with Gasteiger partial charge in [-0.1, -0.05) is 22.0 Å². The van der Waals surface area contributed by atoms with E-state index < -0.39 is 0 Å². The lowest BCUT2D eigenvalue weighted by molar-refractivity contribution is 0.335. The normalized spacial score (nSPS) is 12.2. The van der Waals surface area contributed by atoms with E-state index in [0.29, 0.717) is 6.61 Å². The van der Waals surface area contributed by atoms with Crippen molar-refractivity contribution in [3.8, 4) is 5.75 Å². The summed E-state index contributed by atoms with van der Waals surface area (Å²) in [5, 5.41) is 0. The number of halogens is 3. The highest BCUT2D eigenvalue weighted by molar-refractivity contribution is 14.1. The second-order valence-corrected chi connectivity index (χ2v) is 6.34. The summed E-state index contributed by atoms with van der Waals surface area (Å²) >= 11 is 5.54. The highest BCUT2D eigenvalue weighted by Gasteiger charge is 2.17. The van der Waals surface area contributed by atoms with E-state index in [2.05, 4.69) is 38.5 Å². The first-order valence-electron chi connectivity index (χ1n) is 6.15. The summed E-state index contributed by atoms with van der Waals surface area (Å²) in [5.74, 6) is 0.493. The molecule has 0 heterocycles. The fourth-order valence-corrected chi connectivity index (χ4v) is 3.16. The Bertz CT molecular complexity index is 621. The van der Waals surface area contributed by atoms with Gasteiger partial charge in [-0.05, 0) is 65.4 Å². The molecule has 0 aliphatic rings. The van der Waals surface area contributed by atoms with Crippen molar-refractivity contribution >= 4 is 38.5 Å². The molecule has 5 heteroatoms. The van der Waals surface area contributed by atoms with Gasteiger partial charge in [0.2, 0.25) is 0 Å². The zero-order valence-electron chi connectivity index (χ0n) is 10.9. The Morgan fingerprint density at radius 2 is 2.00 bits per heavy atom. The molecule has 2 aromatic rings. The Balaban J connectivity index is 2.46. The molecule has 2 nitrogen and oxygen atoms in total. The van der Waals surface area contributed by atoms with Crippen LogP contribution in [0.5, 0.6) is 5.75 Å². The van der Waals surface area contributed by atoms with E-state index >= 15 is 0 Å². The van der Waals surface area contributed by atoms with Crippen LogP contribution in [0, 0.1) is 9.39 Å². The molecule has 0 saturated heterocycles. The molecule has 0 aliphatic carbocycles. The summed E-state index contributed by atoms with van der Waals surface area (Å²) in [6.45, 7) is 2.50. The van der Waals surface area contributed by atoms with E-state index in [4.69, 9.17) is 10.5 Å². The minimum Gasteiger partial charge on any atom is -0.494 e. The Morgan fingerprint density at radius 1 is 1.25 bits per heavy atom. The van der Waals surface area contributed by atoms with Crippen LogP contribution in [0.2, 0.25) is 0 Å². The highest BCUT2D eigenvalue weighted by Crippen LogP contribution is 2.33. The third-order valence-electron chi connectivity index (χ3n) is 2.90. The summed E-state index contributed by atoms with van der Waals surface area (Å²) in [5.41, 5.74) is 8.10. The van der Waals surface area contributed by atoms with Crippen LogP contribution >= 0.6 is 38.5 Å². The van der Waals surface area contributed by atoms with Gasteiger partial charge in [0, 0.05) is 13.6 Å². The summed E-state index contributed by atoms with van der Waals surface area (Å²) in [7, 11) is 0. The summed E-state index contributed by atoms with van der Waals surface area (Å²) in [6.07, 6.45) is 0. The number of hydrogen-bond acceptors (Lipinski definition) is 2. The molecule has 1 unspecified atom stereocenters. The number of nitrogens with two attached hydrogens (primary N) is 1. The first-order valence-corrected chi connectivity index (χ1v) is 8.03. The van der Waals surface area contributed by atoms with Crippen molar-refractivity contribution in [1.29, 1.82) is 0 Å². The second kappa shape index (κ2) is 6.87. The van der Waals surface area contributed by atoms with Crippen molar-refractivity contribution < 1.29 is 9.13 Å². The van der Waals surface area contributed by atoms with Crippen LogP contribution in [-0.2, 0) is 0 Å². The van der Waals surface area contributed by atoms with Gasteiger partial charge < -0.3 is 10.5 Å². The molecule has 20 heavy (non-hydrogen) atoms. The van der Waals surface area contributed by atoms with Crippen LogP contribution in [0.15, 0.2) is 40.9 Å². The maximum atomic E-state index is 13.2. The van der Waals surface area contributed by atoms with Crippen molar-refractivity contribution in [3.63, 3.8) is 0 Å². The van der Waals surface area contributed by atoms with Gasteiger partial charge in [-0.25, -0.2) is 4.39 Å². The number of rotatable bonds is 4. The van der Waals surface area contributed by atoms with Crippen molar-refractivity contribution in [2.45, 2.75) is 13.0 Å². The molecule has 2 rings (SSSR count). The average Bonchev–Trinajstić information content (AvgIpc) is 2.40. The van der Waals surface area contributed by atoms with Crippen LogP contribution in [0.4, 0.5) is 4.39 Å². The van der Waals surface area contributed by atoms with Crippen LogP contribution in [-0.4, -0.2) is 6.61 Å². The predicted molar refractivity (Wildman–Crippen MR) is 90.5 cm³/mol. The summed E-state index contributed by atoms with van der Waals surface area (Å²) in [6, 6.07) is 10.0. The minimum absolute atomic E-state index is 0.260. The molecule has 2 N–H and O–H groups in total. The van der Waals surface area contributed by atoms with Gasteiger partial charge in [-0.2, -0.15) is 0 Å². The van der Waals surface area contributed by atoms with E-state index in [9.17, 15) is 4.39 Å². The lowest BCUT2D eigenvalue weighted by atomic mass is 9.99. The van der Waals surface area contributed by atoms with Gasteiger partial charge in [0.05, 0.1) is 12.6 Å². The van der Waals surface area contributed by atoms with Crippen molar-refractivity contribution in [2.75, 3.05) is 6.61 Å². The van der Waals surface area contributed by atoms with Gasteiger partial charge in [0.15, 0.2) is 0 Å². The summed E-state index contributed by atoms with van der Waals surface area (Å²) < 4.78 is 20.6. The largest absolute Gasteiger partial charge is 0.494 e. The van der Waals surface area contributed by atoms with E-state index in [1.807, 2.05) is 25.1 Å². The molecule has 0 aromatic heterocycles. The van der Waals surface area contributed by atoms with Gasteiger partial charge in [-0.15, -0.1) is 0 Å². The van der Waals surface area contributed by atoms with Crippen LogP contribution in [0.25, 0.3) is 0 Å². The zero-order chi connectivity index (χ0) is 14.7. The number of hydrogen-bond donors (Lipinski definition) is 1. The fourth-order valence-electron chi connectivity index (χ4n) is 1.97. The van der Waals surface area contributed by atoms with Crippen LogP contribution < -0.4 is 10.5 Å². The first-order chi connectivity index (χ1) is 9.52. The van der Waals surface area contributed by atoms with Gasteiger partial charge in [0.1, 0.15) is 11.6 Å². The maximum absolute atomic E-state index is 13.2. The number of ether oxygens (including phenoxy) is 1. The quantitative estimate of drug-likeness (QED) is 0.690. The fraction of sp³-hybridized carbons (Fsp3) is 0.200. The standard InChI is InChI=1S/C15H14BrFINO/c1-2-20-14-6-3-9(16)7-12(14)15(19)11-5-4-10(17)8-13(11)18/h3-8,15H,2,19H2,1H3. The van der Waals surface area contributed by atoms with E-state index in [1.165, 1.54) is 12.1 Å². The number of benzene rings is 2. The maximum Gasteiger partial charge on any atom is 0.124 e.